The third-order valence-electron chi connectivity index (χ3n) is 5.01. The fourth-order valence-electron chi connectivity index (χ4n) is 3.83. The maximum Gasteiger partial charge on any atom is 0.0593 e. The Morgan fingerprint density at radius 3 is 2.67 bits per heavy atom. The Morgan fingerprint density at radius 2 is 1.90 bits per heavy atom. The van der Waals surface area contributed by atoms with E-state index in [0.29, 0.717) is 6.04 Å². The predicted octanol–water partition coefficient (Wildman–Crippen LogP) is 2.28. The lowest BCUT2D eigenvalue weighted by molar-refractivity contribution is 0.0339. The summed E-state index contributed by atoms with van der Waals surface area (Å²) in [6, 6.07) is 1.34. The molecular weight excluding hydrogens is 264 g/mol. The zero-order chi connectivity index (χ0) is 14.9. The molecule has 1 N–H and O–H groups in total. The summed E-state index contributed by atoms with van der Waals surface area (Å²) in [6.45, 7) is 8.19. The van der Waals surface area contributed by atoms with Gasteiger partial charge in [-0.1, -0.05) is 19.3 Å². The minimum atomic E-state index is 0.610. The molecule has 2 unspecified atom stereocenters. The summed E-state index contributed by atoms with van der Waals surface area (Å²) in [7, 11) is 1.75. The van der Waals surface area contributed by atoms with Crippen LogP contribution in [0.2, 0.25) is 0 Å². The van der Waals surface area contributed by atoms with Gasteiger partial charge in [0, 0.05) is 52.0 Å². The maximum absolute atomic E-state index is 5.77. The number of hydrogen-bond donors (Lipinski definition) is 1. The average molecular weight is 298 g/mol. The van der Waals surface area contributed by atoms with Gasteiger partial charge in [0.15, 0.2) is 0 Å². The van der Waals surface area contributed by atoms with Crippen LogP contribution in [-0.2, 0) is 9.47 Å². The number of ether oxygens (including phenoxy) is 2. The Balaban J connectivity index is 1.72. The number of rotatable bonds is 8. The molecular formula is C17H34N2O2. The Kier molecular flexibility index (Phi) is 8.01. The van der Waals surface area contributed by atoms with Gasteiger partial charge in [-0.2, -0.15) is 0 Å². The van der Waals surface area contributed by atoms with E-state index in [1.165, 1.54) is 38.6 Å². The standard InChI is InChI=1S/C17H34N2O2/c1-15-14-19(9-12-21-11-6-10-20-2)17(13-18-15)16-7-4-3-5-8-16/h15-18H,3-14H2,1-2H3. The molecule has 0 aromatic carbocycles. The Labute approximate surface area is 130 Å². The van der Waals surface area contributed by atoms with E-state index >= 15 is 0 Å². The molecule has 2 rings (SSSR count). The van der Waals surface area contributed by atoms with Crippen molar-refractivity contribution in [3.63, 3.8) is 0 Å². The van der Waals surface area contributed by atoms with Gasteiger partial charge in [-0.3, -0.25) is 4.90 Å². The predicted molar refractivity (Wildman–Crippen MR) is 86.7 cm³/mol. The molecule has 2 aliphatic rings. The molecule has 1 aliphatic carbocycles. The zero-order valence-electron chi connectivity index (χ0n) is 14.0. The van der Waals surface area contributed by atoms with E-state index in [9.17, 15) is 0 Å². The summed E-state index contributed by atoms with van der Waals surface area (Å²) in [4.78, 5) is 2.69. The van der Waals surface area contributed by atoms with Crippen LogP contribution in [0.25, 0.3) is 0 Å². The summed E-state index contributed by atoms with van der Waals surface area (Å²) in [5.41, 5.74) is 0. The van der Waals surface area contributed by atoms with Gasteiger partial charge in [-0.05, 0) is 32.1 Å². The molecule has 0 radical (unpaired) electrons. The number of nitrogens with one attached hydrogen (secondary N) is 1. The first kappa shape index (κ1) is 17.2. The topological polar surface area (TPSA) is 33.7 Å². The molecule has 0 aromatic rings. The Bertz CT molecular complexity index is 270. The monoisotopic (exact) mass is 298 g/mol. The summed E-state index contributed by atoms with van der Waals surface area (Å²) < 4.78 is 10.8. The largest absolute Gasteiger partial charge is 0.385 e. The van der Waals surface area contributed by atoms with Crippen LogP contribution in [0.15, 0.2) is 0 Å². The third-order valence-corrected chi connectivity index (χ3v) is 5.01. The van der Waals surface area contributed by atoms with E-state index in [0.717, 1.165) is 51.3 Å². The lowest BCUT2D eigenvalue weighted by atomic mass is 9.82. The first-order valence-electron chi connectivity index (χ1n) is 8.85. The highest BCUT2D eigenvalue weighted by atomic mass is 16.5. The van der Waals surface area contributed by atoms with Crippen molar-refractivity contribution in [3.05, 3.63) is 0 Å². The van der Waals surface area contributed by atoms with Crippen molar-refractivity contribution in [3.8, 4) is 0 Å². The molecule has 124 valence electrons. The van der Waals surface area contributed by atoms with E-state index in [2.05, 4.69) is 17.1 Å². The van der Waals surface area contributed by atoms with Crippen LogP contribution in [0.4, 0.5) is 0 Å². The first-order valence-corrected chi connectivity index (χ1v) is 8.85. The van der Waals surface area contributed by atoms with E-state index in [-0.39, 0.29) is 0 Å². The smallest absolute Gasteiger partial charge is 0.0593 e. The Hall–Kier alpha value is -0.160. The fourth-order valence-corrected chi connectivity index (χ4v) is 3.83. The van der Waals surface area contributed by atoms with Gasteiger partial charge in [0.25, 0.3) is 0 Å². The number of methoxy groups -OCH3 is 1. The van der Waals surface area contributed by atoms with Gasteiger partial charge in [0.1, 0.15) is 0 Å². The lowest BCUT2D eigenvalue weighted by Crippen LogP contribution is -2.58. The molecule has 1 saturated carbocycles. The van der Waals surface area contributed by atoms with Crippen LogP contribution in [-0.4, -0.2) is 63.5 Å². The quantitative estimate of drug-likeness (QED) is 0.697. The van der Waals surface area contributed by atoms with Crippen LogP contribution in [0, 0.1) is 5.92 Å². The summed E-state index contributed by atoms with van der Waals surface area (Å²) in [5, 5.41) is 3.68. The Morgan fingerprint density at radius 1 is 1.10 bits per heavy atom. The minimum absolute atomic E-state index is 0.610. The van der Waals surface area contributed by atoms with Crippen LogP contribution in [0.1, 0.15) is 45.4 Å². The molecule has 0 amide bonds. The van der Waals surface area contributed by atoms with Crippen molar-refractivity contribution in [1.29, 1.82) is 0 Å². The van der Waals surface area contributed by atoms with Crippen molar-refractivity contribution in [2.75, 3.05) is 46.6 Å². The summed E-state index contributed by atoms with van der Waals surface area (Å²) in [6.07, 6.45) is 8.14. The van der Waals surface area contributed by atoms with E-state index in [4.69, 9.17) is 9.47 Å². The summed E-state index contributed by atoms with van der Waals surface area (Å²) >= 11 is 0. The third kappa shape index (κ3) is 5.85. The fraction of sp³-hybridized carbons (Fsp3) is 1.00. The second-order valence-corrected chi connectivity index (χ2v) is 6.73. The molecule has 1 aliphatic heterocycles. The molecule has 0 spiro atoms. The van der Waals surface area contributed by atoms with Gasteiger partial charge < -0.3 is 14.8 Å². The second-order valence-electron chi connectivity index (χ2n) is 6.73. The van der Waals surface area contributed by atoms with Gasteiger partial charge in [0.2, 0.25) is 0 Å². The van der Waals surface area contributed by atoms with Gasteiger partial charge in [0.05, 0.1) is 6.61 Å². The molecule has 4 nitrogen and oxygen atoms in total. The second kappa shape index (κ2) is 9.78. The lowest BCUT2D eigenvalue weighted by Gasteiger charge is -2.44. The van der Waals surface area contributed by atoms with E-state index < -0.39 is 0 Å². The van der Waals surface area contributed by atoms with Gasteiger partial charge in [-0.25, -0.2) is 0 Å². The zero-order valence-corrected chi connectivity index (χ0v) is 14.0. The number of piperazine rings is 1. The van der Waals surface area contributed by atoms with Crippen molar-refractivity contribution in [1.82, 2.24) is 10.2 Å². The molecule has 2 atom stereocenters. The molecule has 1 saturated heterocycles. The highest BCUT2D eigenvalue weighted by Gasteiger charge is 2.32. The molecule has 21 heavy (non-hydrogen) atoms. The highest BCUT2D eigenvalue weighted by Crippen LogP contribution is 2.30. The number of hydrogen-bond acceptors (Lipinski definition) is 4. The van der Waals surface area contributed by atoms with E-state index in [1.807, 2.05) is 0 Å². The van der Waals surface area contributed by atoms with Crippen LogP contribution in [0.3, 0.4) is 0 Å². The molecule has 0 bridgehead atoms. The van der Waals surface area contributed by atoms with Gasteiger partial charge in [-0.15, -0.1) is 0 Å². The number of nitrogens with zero attached hydrogens (tertiary/aromatic N) is 1. The van der Waals surface area contributed by atoms with Crippen LogP contribution >= 0.6 is 0 Å². The average Bonchev–Trinajstić information content (AvgIpc) is 2.52. The molecule has 0 aromatic heterocycles. The van der Waals surface area contributed by atoms with Crippen LogP contribution < -0.4 is 5.32 Å². The van der Waals surface area contributed by atoms with Crippen molar-refractivity contribution in [2.24, 2.45) is 5.92 Å². The summed E-state index contributed by atoms with van der Waals surface area (Å²) in [5.74, 6) is 0.896. The first-order chi connectivity index (χ1) is 10.3. The van der Waals surface area contributed by atoms with Crippen molar-refractivity contribution >= 4 is 0 Å². The van der Waals surface area contributed by atoms with Crippen molar-refractivity contribution in [2.45, 2.75) is 57.5 Å². The van der Waals surface area contributed by atoms with Crippen molar-refractivity contribution < 1.29 is 9.47 Å². The SMILES string of the molecule is COCCCOCCN1CC(C)NCC1C1CCCCC1. The molecule has 4 heteroatoms. The van der Waals surface area contributed by atoms with Crippen LogP contribution in [0.5, 0.6) is 0 Å². The minimum Gasteiger partial charge on any atom is -0.385 e. The van der Waals surface area contributed by atoms with E-state index in [1.54, 1.807) is 7.11 Å². The normalized spacial score (nSPS) is 28.9. The molecule has 1 heterocycles. The molecule has 2 fully saturated rings. The highest BCUT2D eigenvalue weighted by molar-refractivity contribution is 4.89. The van der Waals surface area contributed by atoms with Gasteiger partial charge >= 0.3 is 0 Å². The maximum atomic E-state index is 5.77.